The molecule has 3 unspecified atom stereocenters. The molecular formula is C22H17FN2O4S. The van der Waals surface area contributed by atoms with E-state index >= 15 is 0 Å². The highest BCUT2D eigenvalue weighted by molar-refractivity contribution is 7.07. The van der Waals surface area contributed by atoms with E-state index in [1.54, 1.807) is 31.2 Å². The van der Waals surface area contributed by atoms with E-state index in [4.69, 9.17) is 9.47 Å². The predicted molar refractivity (Wildman–Crippen MR) is 108 cm³/mol. The van der Waals surface area contributed by atoms with E-state index < -0.39 is 23.7 Å². The molecule has 0 saturated carbocycles. The first-order chi connectivity index (χ1) is 14.4. The summed E-state index contributed by atoms with van der Waals surface area (Å²) in [5.41, 5.74) is -0.208. The van der Waals surface area contributed by atoms with Gasteiger partial charge < -0.3 is 9.47 Å². The lowest BCUT2D eigenvalue weighted by atomic mass is 9.81. The maximum Gasteiger partial charge on any atom is 0.317 e. The van der Waals surface area contributed by atoms with Gasteiger partial charge in [-0.15, -0.1) is 0 Å². The number of aromatic nitrogens is 1. The largest absolute Gasteiger partial charge is 0.469 e. The standard InChI is InChI=1S/C22H17FN2O4S/c1-22-17(20(27)28-2)18(14-8-3-4-9-15(14)29-22)25-19(26)16(30-21(25)24-22)11-12-6-5-7-13(23)10-12/h3-11,17-18H,1-2H3/b16-11+. The van der Waals surface area contributed by atoms with Crippen molar-refractivity contribution in [1.82, 2.24) is 4.57 Å². The number of hydrogen-bond acceptors (Lipinski definition) is 6. The third kappa shape index (κ3) is 2.71. The molecule has 2 aliphatic rings. The van der Waals surface area contributed by atoms with Crippen molar-refractivity contribution in [1.29, 1.82) is 0 Å². The Morgan fingerprint density at radius 3 is 2.87 bits per heavy atom. The maximum absolute atomic E-state index is 13.6. The number of nitrogens with zero attached hydrogens (tertiary/aromatic N) is 2. The molecule has 0 fully saturated rings. The monoisotopic (exact) mass is 424 g/mol. The first-order valence-electron chi connectivity index (χ1n) is 9.35. The molecule has 0 amide bonds. The van der Waals surface area contributed by atoms with Gasteiger partial charge in [0.15, 0.2) is 4.80 Å². The zero-order chi connectivity index (χ0) is 21.0. The van der Waals surface area contributed by atoms with Crippen LogP contribution in [0.25, 0.3) is 6.08 Å². The number of para-hydroxylation sites is 1. The summed E-state index contributed by atoms with van der Waals surface area (Å²) < 4.78 is 26.7. The number of rotatable bonds is 2. The molecule has 3 atom stereocenters. The molecule has 0 aliphatic carbocycles. The van der Waals surface area contributed by atoms with Gasteiger partial charge in [-0.2, -0.15) is 0 Å². The highest BCUT2D eigenvalue weighted by Gasteiger charge is 2.55. The molecule has 2 aliphatic heterocycles. The normalized spacial score (nSPS) is 24.3. The zero-order valence-corrected chi connectivity index (χ0v) is 17.0. The van der Waals surface area contributed by atoms with Crippen molar-refractivity contribution in [3.63, 3.8) is 0 Å². The quantitative estimate of drug-likeness (QED) is 0.590. The van der Waals surface area contributed by atoms with Crippen molar-refractivity contribution in [2.45, 2.75) is 18.7 Å². The second kappa shape index (κ2) is 6.63. The van der Waals surface area contributed by atoms with Gasteiger partial charge in [-0.3, -0.25) is 14.2 Å². The number of halogens is 1. The fourth-order valence-electron chi connectivity index (χ4n) is 4.18. The number of carbonyl (C=O) groups excluding carboxylic acids is 1. The summed E-state index contributed by atoms with van der Waals surface area (Å²) in [4.78, 5) is 31.2. The molecule has 0 N–H and O–H groups in total. The summed E-state index contributed by atoms with van der Waals surface area (Å²) in [5, 5.41) is 0. The molecule has 0 spiro atoms. The second-order valence-electron chi connectivity index (χ2n) is 7.38. The minimum absolute atomic E-state index is 0.291. The number of esters is 1. The van der Waals surface area contributed by atoms with Gasteiger partial charge in [0.1, 0.15) is 17.5 Å². The Bertz CT molecular complexity index is 1360. The van der Waals surface area contributed by atoms with E-state index in [1.165, 1.54) is 35.1 Å². The van der Waals surface area contributed by atoms with Crippen LogP contribution in [0.1, 0.15) is 24.1 Å². The fraction of sp³-hybridized carbons (Fsp3) is 0.227. The maximum atomic E-state index is 13.6. The predicted octanol–water partition coefficient (Wildman–Crippen LogP) is 2.00. The van der Waals surface area contributed by atoms with Gasteiger partial charge in [-0.05, 0) is 36.8 Å². The Kier molecular flexibility index (Phi) is 4.14. The van der Waals surface area contributed by atoms with Crippen LogP contribution in [0.15, 0.2) is 58.3 Å². The topological polar surface area (TPSA) is 69.9 Å². The number of carbonyl (C=O) groups is 1. The molecule has 2 bridgehead atoms. The van der Waals surface area contributed by atoms with Gasteiger partial charge in [0.05, 0.1) is 17.7 Å². The number of methoxy groups -OCH3 is 1. The second-order valence-corrected chi connectivity index (χ2v) is 8.38. The van der Waals surface area contributed by atoms with Gasteiger partial charge >= 0.3 is 5.97 Å². The molecule has 152 valence electrons. The average Bonchev–Trinajstić information content (AvgIpc) is 3.00. The number of hydrogen-bond donors (Lipinski definition) is 0. The van der Waals surface area contributed by atoms with Crippen LogP contribution in [0.4, 0.5) is 4.39 Å². The van der Waals surface area contributed by atoms with Crippen molar-refractivity contribution >= 4 is 23.4 Å². The van der Waals surface area contributed by atoms with E-state index in [2.05, 4.69) is 4.99 Å². The van der Waals surface area contributed by atoms with Crippen LogP contribution in [-0.2, 0) is 9.53 Å². The Labute approximate surface area is 174 Å². The summed E-state index contributed by atoms with van der Waals surface area (Å²) in [6.07, 6.45) is 1.63. The van der Waals surface area contributed by atoms with E-state index in [9.17, 15) is 14.0 Å². The highest BCUT2D eigenvalue weighted by Crippen LogP contribution is 2.47. The summed E-state index contributed by atoms with van der Waals surface area (Å²) in [6, 6.07) is 12.7. The van der Waals surface area contributed by atoms with Crippen LogP contribution >= 0.6 is 11.3 Å². The molecule has 0 radical (unpaired) electrons. The highest BCUT2D eigenvalue weighted by atomic mass is 32.1. The number of fused-ring (bicyclic) bond motifs is 6. The Hall–Kier alpha value is -3.26. The van der Waals surface area contributed by atoms with E-state index in [0.29, 0.717) is 20.6 Å². The summed E-state index contributed by atoms with van der Waals surface area (Å²) in [6.45, 7) is 1.72. The summed E-state index contributed by atoms with van der Waals surface area (Å²) >= 11 is 1.19. The van der Waals surface area contributed by atoms with Crippen LogP contribution in [-0.4, -0.2) is 23.4 Å². The van der Waals surface area contributed by atoms with Crippen molar-refractivity contribution in [3.8, 4) is 5.75 Å². The van der Waals surface area contributed by atoms with Crippen molar-refractivity contribution in [2.75, 3.05) is 7.11 Å². The Morgan fingerprint density at radius 2 is 2.10 bits per heavy atom. The van der Waals surface area contributed by atoms with Crippen LogP contribution in [0.3, 0.4) is 0 Å². The SMILES string of the molecule is COC(=O)C1C2c3ccccc3OC1(C)N=c1s/c(=C/c3cccc(F)c3)c(=O)n12. The van der Waals surface area contributed by atoms with Gasteiger partial charge in [0.25, 0.3) is 5.56 Å². The first-order valence-corrected chi connectivity index (χ1v) is 10.2. The zero-order valence-electron chi connectivity index (χ0n) is 16.2. The molecular weight excluding hydrogens is 407 g/mol. The van der Waals surface area contributed by atoms with E-state index in [1.807, 2.05) is 18.2 Å². The fourth-order valence-corrected chi connectivity index (χ4v) is 5.28. The molecule has 30 heavy (non-hydrogen) atoms. The minimum atomic E-state index is -1.21. The summed E-state index contributed by atoms with van der Waals surface area (Å²) in [7, 11) is 1.31. The Morgan fingerprint density at radius 1 is 1.30 bits per heavy atom. The Balaban J connectivity index is 1.80. The molecule has 5 rings (SSSR count). The van der Waals surface area contributed by atoms with Crippen molar-refractivity contribution < 1.29 is 18.7 Å². The number of thiazole rings is 1. The third-order valence-electron chi connectivity index (χ3n) is 5.48. The number of ether oxygens (including phenoxy) is 2. The van der Waals surface area contributed by atoms with Crippen LogP contribution < -0.4 is 19.6 Å². The molecule has 8 heteroatoms. The van der Waals surface area contributed by atoms with Crippen molar-refractivity contribution in [3.05, 3.63) is 85.2 Å². The number of benzene rings is 2. The molecule has 3 heterocycles. The lowest BCUT2D eigenvalue weighted by Gasteiger charge is -2.44. The van der Waals surface area contributed by atoms with Gasteiger partial charge in [0.2, 0.25) is 5.72 Å². The van der Waals surface area contributed by atoms with Crippen LogP contribution in [0.2, 0.25) is 0 Å². The minimum Gasteiger partial charge on any atom is -0.469 e. The molecule has 2 aromatic carbocycles. The average molecular weight is 424 g/mol. The van der Waals surface area contributed by atoms with Crippen LogP contribution in [0, 0.1) is 11.7 Å². The lowest BCUT2D eigenvalue weighted by Crippen LogP contribution is -2.58. The summed E-state index contributed by atoms with van der Waals surface area (Å²) in [5.74, 6) is -1.13. The van der Waals surface area contributed by atoms with E-state index in [-0.39, 0.29) is 11.4 Å². The molecule has 0 saturated heterocycles. The van der Waals surface area contributed by atoms with Crippen LogP contribution in [0.5, 0.6) is 5.75 Å². The first kappa shape index (κ1) is 18.7. The van der Waals surface area contributed by atoms with E-state index in [0.717, 1.165) is 5.56 Å². The van der Waals surface area contributed by atoms with Gasteiger partial charge in [-0.1, -0.05) is 41.7 Å². The smallest absolute Gasteiger partial charge is 0.317 e. The van der Waals surface area contributed by atoms with Gasteiger partial charge in [0, 0.05) is 5.56 Å². The lowest BCUT2D eigenvalue weighted by molar-refractivity contribution is -0.158. The molecule has 6 nitrogen and oxygen atoms in total. The molecule has 1 aromatic heterocycles. The third-order valence-corrected chi connectivity index (χ3v) is 6.46. The van der Waals surface area contributed by atoms with Crippen molar-refractivity contribution in [2.24, 2.45) is 10.9 Å². The molecule has 3 aromatic rings. The van der Waals surface area contributed by atoms with Gasteiger partial charge in [-0.25, -0.2) is 9.38 Å².